The van der Waals surface area contributed by atoms with Crippen molar-refractivity contribution < 1.29 is 14.3 Å². The van der Waals surface area contributed by atoms with Crippen molar-refractivity contribution in [2.45, 2.75) is 58.7 Å². The molecule has 0 aliphatic carbocycles. The van der Waals surface area contributed by atoms with E-state index >= 15 is 0 Å². The summed E-state index contributed by atoms with van der Waals surface area (Å²) in [5, 5.41) is 10.7. The zero-order valence-corrected chi connectivity index (χ0v) is 15.7. The molecule has 1 heterocycles. The Kier molecular flexibility index (Phi) is 8.58. The van der Waals surface area contributed by atoms with Crippen LogP contribution in [0.3, 0.4) is 0 Å². The molecule has 0 aliphatic heterocycles. The summed E-state index contributed by atoms with van der Waals surface area (Å²) in [4.78, 5) is 11.6. The Balaban J connectivity index is 2.25. The van der Waals surface area contributed by atoms with Crippen LogP contribution in [0.25, 0.3) is 0 Å². The molecule has 1 aromatic heterocycles. The van der Waals surface area contributed by atoms with Crippen LogP contribution in [0.1, 0.15) is 44.7 Å². The quantitative estimate of drug-likeness (QED) is 0.675. The summed E-state index contributed by atoms with van der Waals surface area (Å²) in [6.07, 6.45) is 1.46. The molecule has 1 unspecified atom stereocenters. The van der Waals surface area contributed by atoms with Crippen LogP contribution in [0.5, 0.6) is 0 Å². The topological polar surface area (TPSA) is 59.6 Å². The first-order valence-electron chi connectivity index (χ1n) is 8.02. The number of aryl methyl sites for hydroxylation is 1. The van der Waals surface area contributed by atoms with Gasteiger partial charge in [0.1, 0.15) is 5.60 Å². The van der Waals surface area contributed by atoms with Crippen LogP contribution >= 0.6 is 11.3 Å². The third-order valence-corrected chi connectivity index (χ3v) is 4.22. The summed E-state index contributed by atoms with van der Waals surface area (Å²) in [6.45, 7) is 9.82. The van der Waals surface area contributed by atoms with Crippen molar-refractivity contribution in [1.29, 1.82) is 0 Å². The summed E-state index contributed by atoms with van der Waals surface area (Å²) in [6, 6.07) is 0.278. The standard InChI is InChI=1S/C17H30N2O3S/c1-13-11-23-12-14(13)9-19-15(10-21-5)7-6-8-18-16(20)22-17(2,3)4/h11-12,15,19H,6-10H2,1-5H3,(H,18,20). The fourth-order valence-corrected chi connectivity index (χ4v) is 2.98. The highest BCUT2D eigenvalue weighted by Gasteiger charge is 2.15. The smallest absolute Gasteiger partial charge is 0.407 e. The largest absolute Gasteiger partial charge is 0.444 e. The third-order valence-electron chi connectivity index (χ3n) is 3.31. The second-order valence-corrected chi connectivity index (χ2v) is 7.43. The molecule has 0 radical (unpaired) electrons. The summed E-state index contributed by atoms with van der Waals surface area (Å²) in [7, 11) is 1.71. The lowest BCUT2D eigenvalue weighted by atomic mass is 10.1. The lowest BCUT2D eigenvalue weighted by Crippen LogP contribution is -2.35. The first-order chi connectivity index (χ1) is 10.8. The van der Waals surface area contributed by atoms with Crippen molar-refractivity contribution >= 4 is 17.4 Å². The molecule has 0 bridgehead atoms. The first-order valence-corrected chi connectivity index (χ1v) is 8.97. The minimum absolute atomic E-state index is 0.278. The molecule has 0 aromatic carbocycles. The lowest BCUT2D eigenvalue weighted by molar-refractivity contribution is 0.0526. The Morgan fingerprint density at radius 1 is 1.35 bits per heavy atom. The predicted molar refractivity (Wildman–Crippen MR) is 95.0 cm³/mol. The monoisotopic (exact) mass is 342 g/mol. The summed E-state index contributed by atoms with van der Waals surface area (Å²) < 4.78 is 10.5. The molecule has 0 aliphatic rings. The highest BCUT2D eigenvalue weighted by Crippen LogP contribution is 2.13. The Morgan fingerprint density at radius 2 is 2.09 bits per heavy atom. The SMILES string of the molecule is COCC(CCCNC(=O)OC(C)(C)C)NCc1cscc1C. The molecular weight excluding hydrogens is 312 g/mol. The van der Waals surface area contributed by atoms with Gasteiger partial charge in [-0.15, -0.1) is 0 Å². The van der Waals surface area contributed by atoms with E-state index in [4.69, 9.17) is 9.47 Å². The fraction of sp³-hybridized carbons (Fsp3) is 0.706. The summed E-state index contributed by atoms with van der Waals surface area (Å²) >= 11 is 1.73. The molecule has 1 atom stereocenters. The second-order valence-electron chi connectivity index (χ2n) is 6.68. The number of methoxy groups -OCH3 is 1. The molecule has 0 spiro atoms. The van der Waals surface area contributed by atoms with Crippen molar-refractivity contribution in [3.8, 4) is 0 Å². The number of alkyl carbamates (subject to hydrolysis) is 1. The van der Waals surface area contributed by atoms with E-state index < -0.39 is 5.60 Å². The molecular formula is C17H30N2O3S. The van der Waals surface area contributed by atoms with Crippen molar-refractivity contribution in [2.75, 3.05) is 20.3 Å². The molecule has 23 heavy (non-hydrogen) atoms. The zero-order chi connectivity index (χ0) is 17.3. The number of hydrogen-bond acceptors (Lipinski definition) is 5. The van der Waals surface area contributed by atoms with Crippen LogP contribution < -0.4 is 10.6 Å². The van der Waals surface area contributed by atoms with Crippen molar-refractivity contribution in [3.63, 3.8) is 0 Å². The molecule has 0 saturated heterocycles. The third kappa shape index (κ3) is 8.93. The zero-order valence-electron chi connectivity index (χ0n) is 14.9. The molecule has 2 N–H and O–H groups in total. The van der Waals surface area contributed by atoms with E-state index in [0.29, 0.717) is 13.2 Å². The molecule has 6 heteroatoms. The first kappa shape index (κ1) is 19.9. The van der Waals surface area contributed by atoms with Gasteiger partial charge in [-0.1, -0.05) is 0 Å². The van der Waals surface area contributed by atoms with Gasteiger partial charge in [0.2, 0.25) is 0 Å². The molecule has 1 amide bonds. The summed E-state index contributed by atoms with van der Waals surface area (Å²) in [5.74, 6) is 0. The van der Waals surface area contributed by atoms with Gasteiger partial charge in [0.05, 0.1) is 6.61 Å². The number of nitrogens with one attached hydrogen (secondary N) is 2. The van der Waals surface area contributed by atoms with Gasteiger partial charge in [-0.2, -0.15) is 11.3 Å². The highest BCUT2D eigenvalue weighted by atomic mass is 32.1. The normalized spacial score (nSPS) is 12.9. The Bertz CT molecular complexity index is 469. The van der Waals surface area contributed by atoms with Gasteiger partial charge in [-0.25, -0.2) is 4.79 Å². The molecule has 5 nitrogen and oxygen atoms in total. The maximum absolute atomic E-state index is 11.6. The van der Waals surface area contributed by atoms with Gasteiger partial charge in [0.15, 0.2) is 0 Å². The molecule has 0 fully saturated rings. The maximum atomic E-state index is 11.6. The predicted octanol–water partition coefficient (Wildman–Crippen LogP) is 3.47. The number of hydrogen-bond donors (Lipinski definition) is 2. The van der Waals surface area contributed by atoms with E-state index in [1.54, 1.807) is 18.4 Å². The second kappa shape index (κ2) is 9.90. The fourth-order valence-electron chi connectivity index (χ4n) is 2.12. The summed E-state index contributed by atoms with van der Waals surface area (Å²) in [5.41, 5.74) is 2.20. The van der Waals surface area contributed by atoms with Crippen LogP contribution in [0.4, 0.5) is 4.79 Å². The van der Waals surface area contributed by atoms with Gasteiger partial charge in [0.25, 0.3) is 0 Å². The van der Waals surface area contributed by atoms with Crippen LogP contribution in [0, 0.1) is 6.92 Å². The molecule has 1 rings (SSSR count). The average molecular weight is 343 g/mol. The average Bonchev–Trinajstić information content (AvgIpc) is 2.84. The maximum Gasteiger partial charge on any atom is 0.407 e. The van der Waals surface area contributed by atoms with Crippen molar-refractivity contribution in [1.82, 2.24) is 10.6 Å². The Hall–Kier alpha value is -1.11. The molecule has 132 valence electrons. The number of ether oxygens (including phenoxy) is 2. The Labute approximate surface area is 143 Å². The van der Waals surface area contributed by atoms with Gasteiger partial charge in [-0.3, -0.25) is 0 Å². The van der Waals surface area contributed by atoms with Crippen molar-refractivity contribution in [3.05, 3.63) is 21.9 Å². The van der Waals surface area contributed by atoms with E-state index in [2.05, 4.69) is 28.3 Å². The van der Waals surface area contributed by atoms with E-state index in [9.17, 15) is 4.79 Å². The van der Waals surface area contributed by atoms with E-state index in [1.807, 2.05) is 20.8 Å². The van der Waals surface area contributed by atoms with Crippen LogP contribution in [0.2, 0.25) is 0 Å². The minimum Gasteiger partial charge on any atom is -0.444 e. The van der Waals surface area contributed by atoms with Crippen LogP contribution in [0.15, 0.2) is 10.8 Å². The number of rotatable bonds is 9. The minimum atomic E-state index is -0.456. The molecule has 1 aromatic rings. The number of carbonyl (C=O) groups excluding carboxylic acids is 1. The highest BCUT2D eigenvalue weighted by molar-refractivity contribution is 7.08. The number of amides is 1. The van der Waals surface area contributed by atoms with Gasteiger partial charge in [0, 0.05) is 26.2 Å². The number of thiophene rings is 1. The Morgan fingerprint density at radius 3 is 2.65 bits per heavy atom. The van der Waals surface area contributed by atoms with Crippen LogP contribution in [-0.2, 0) is 16.0 Å². The van der Waals surface area contributed by atoms with Gasteiger partial charge >= 0.3 is 6.09 Å². The van der Waals surface area contributed by atoms with Crippen molar-refractivity contribution in [2.24, 2.45) is 0 Å². The van der Waals surface area contributed by atoms with Gasteiger partial charge in [-0.05, 0) is 62.4 Å². The van der Waals surface area contributed by atoms with E-state index in [-0.39, 0.29) is 12.1 Å². The lowest BCUT2D eigenvalue weighted by Gasteiger charge is -2.20. The van der Waals surface area contributed by atoms with Crippen LogP contribution in [-0.4, -0.2) is 38.0 Å². The van der Waals surface area contributed by atoms with E-state index in [0.717, 1.165) is 19.4 Å². The number of carbonyl (C=O) groups is 1. The molecule has 0 saturated carbocycles. The van der Waals surface area contributed by atoms with E-state index in [1.165, 1.54) is 11.1 Å². The van der Waals surface area contributed by atoms with Gasteiger partial charge < -0.3 is 20.1 Å².